The maximum Gasteiger partial charge on any atom is 0.289 e. The van der Waals surface area contributed by atoms with Crippen LogP contribution in [0.5, 0.6) is 0 Å². The Balaban J connectivity index is 2.04. The van der Waals surface area contributed by atoms with Crippen molar-refractivity contribution in [3.63, 3.8) is 0 Å². The molecule has 0 spiro atoms. The van der Waals surface area contributed by atoms with Gasteiger partial charge in [-0.25, -0.2) is 17.5 Å². The molecule has 2 aromatic carbocycles. The SMILES string of the molecule is CC(C)S(=O)(=O)N(C)c1cccc(-c2nn(C)c(=O)c3c(Nc4ccc(I)cc4F)c(F)c(=O)n(C)c23)c1. The zero-order valence-electron chi connectivity index (χ0n) is 21.1. The van der Waals surface area contributed by atoms with E-state index in [1.54, 1.807) is 44.2 Å². The Hall–Kier alpha value is -3.33. The number of fused-ring (bicyclic) bond motifs is 1. The zero-order chi connectivity index (χ0) is 28.1. The van der Waals surface area contributed by atoms with Gasteiger partial charge in [-0.05, 0) is 66.8 Å². The summed E-state index contributed by atoms with van der Waals surface area (Å²) in [5.74, 6) is -1.96. The summed E-state index contributed by atoms with van der Waals surface area (Å²) in [4.78, 5) is 26.2. The number of anilines is 3. The number of sulfonamides is 1. The molecule has 0 aliphatic carbocycles. The summed E-state index contributed by atoms with van der Waals surface area (Å²) in [6.45, 7) is 3.13. The van der Waals surface area contributed by atoms with Gasteiger partial charge in [0.25, 0.3) is 11.1 Å². The molecule has 2 heterocycles. The Labute approximate surface area is 230 Å². The summed E-state index contributed by atoms with van der Waals surface area (Å²) in [5, 5.41) is 6.03. The van der Waals surface area contributed by atoms with Crippen LogP contribution in [0.2, 0.25) is 0 Å². The minimum Gasteiger partial charge on any atom is -0.350 e. The Morgan fingerprint density at radius 1 is 1.05 bits per heavy atom. The van der Waals surface area contributed by atoms with Crippen molar-refractivity contribution in [1.82, 2.24) is 14.3 Å². The number of nitrogens with one attached hydrogen (secondary N) is 1. The predicted molar refractivity (Wildman–Crippen MR) is 152 cm³/mol. The lowest BCUT2D eigenvalue weighted by Crippen LogP contribution is -2.33. The van der Waals surface area contributed by atoms with Gasteiger partial charge in [-0.3, -0.25) is 13.9 Å². The molecule has 0 saturated heterocycles. The monoisotopic (exact) mass is 655 g/mol. The van der Waals surface area contributed by atoms with E-state index >= 15 is 4.39 Å². The molecule has 0 bridgehead atoms. The lowest BCUT2D eigenvalue weighted by atomic mass is 10.1. The number of benzene rings is 2. The first-order valence-electron chi connectivity index (χ1n) is 11.4. The van der Waals surface area contributed by atoms with E-state index < -0.39 is 43.7 Å². The second-order valence-corrected chi connectivity index (χ2v) is 12.7. The number of pyridine rings is 1. The fourth-order valence-corrected chi connectivity index (χ4v) is 5.48. The molecule has 38 heavy (non-hydrogen) atoms. The summed E-state index contributed by atoms with van der Waals surface area (Å²) >= 11 is 1.92. The smallest absolute Gasteiger partial charge is 0.289 e. The minimum atomic E-state index is -3.65. The molecule has 0 aliphatic heterocycles. The topological polar surface area (TPSA) is 106 Å². The third-order valence-electron chi connectivity index (χ3n) is 6.17. The van der Waals surface area contributed by atoms with Gasteiger partial charge in [0.2, 0.25) is 15.8 Å². The van der Waals surface area contributed by atoms with Crippen molar-refractivity contribution in [2.24, 2.45) is 14.1 Å². The molecule has 0 unspecified atom stereocenters. The first-order valence-corrected chi connectivity index (χ1v) is 13.9. The van der Waals surface area contributed by atoms with Gasteiger partial charge in [0.1, 0.15) is 11.5 Å². The Morgan fingerprint density at radius 2 is 1.74 bits per heavy atom. The second-order valence-electron chi connectivity index (χ2n) is 8.91. The van der Waals surface area contributed by atoms with Gasteiger partial charge in [0.15, 0.2) is 0 Å². The van der Waals surface area contributed by atoms with Crippen molar-refractivity contribution in [2.75, 3.05) is 16.7 Å². The van der Waals surface area contributed by atoms with Crippen LogP contribution in [0.3, 0.4) is 0 Å². The van der Waals surface area contributed by atoms with Crippen LogP contribution in [0.25, 0.3) is 22.2 Å². The maximum absolute atomic E-state index is 15.4. The molecule has 0 saturated carbocycles. The van der Waals surface area contributed by atoms with Crippen LogP contribution in [0.15, 0.2) is 52.1 Å². The molecule has 9 nitrogen and oxygen atoms in total. The van der Waals surface area contributed by atoms with Crippen LogP contribution in [0.1, 0.15) is 13.8 Å². The third-order valence-corrected chi connectivity index (χ3v) is 9.00. The summed E-state index contributed by atoms with van der Waals surface area (Å²) in [5.41, 5.74) is -1.55. The highest BCUT2D eigenvalue weighted by Crippen LogP contribution is 2.33. The van der Waals surface area contributed by atoms with E-state index in [0.717, 1.165) is 13.6 Å². The molecule has 2 aromatic heterocycles. The van der Waals surface area contributed by atoms with Gasteiger partial charge in [0.05, 0.1) is 33.2 Å². The molecule has 13 heteroatoms. The van der Waals surface area contributed by atoms with Crippen LogP contribution in [-0.4, -0.2) is 35.1 Å². The Morgan fingerprint density at radius 3 is 2.37 bits per heavy atom. The average molecular weight is 655 g/mol. The van der Waals surface area contributed by atoms with E-state index in [0.29, 0.717) is 14.8 Å². The summed E-state index contributed by atoms with van der Waals surface area (Å²) in [7, 11) is 0.434. The van der Waals surface area contributed by atoms with E-state index in [4.69, 9.17) is 0 Å². The van der Waals surface area contributed by atoms with E-state index in [2.05, 4.69) is 10.4 Å². The van der Waals surface area contributed by atoms with Gasteiger partial charge < -0.3 is 9.88 Å². The number of hydrogen-bond acceptors (Lipinski definition) is 6. The maximum atomic E-state index is 15.4. The normalized spacial score (nSPS) is 11.8. The molecule has 0 fully saturated rings. The zero-order valence-corrected chi connectivity index (χ0v) is 24.1. The summed E-state index contributed by atoms with van der Waals surface area (Å²) in [6, 6.07) is 10.6. The number of rotatable bonds is 6. The van der Waals surface area contributed by atoms with Gasteiger partial charge in [-0.2, -0.15) is 9.49 Å². The fourth-order valence-electron chi connectivity index (χ4n) is 3.99. The molecule has 0 amide bonds. The molecular formula is C25H24F2IN5O4S. The molecule has 4 aromatic rings. The number of aryl methyl sites for hydroxylation is 2. The van der Waals surface area contributed by atoms with Crippen molar-refractivity contribution in [1.29, 1.82) is 0 Å². The largest absolute Gasteiger partial charge is 0.350 e. The third kappa shape index (κ3) is 4.68. The first-order chi connectivity index (χ1) is 17.7. The van der Waals surface area contributed by atoms with Gasteiger partial charge in [-0.15, -0.1) is 0 Å². The van der Waals surface area contributed by atoms with E-state index in [1.807, 2.05) is 22.6 Å². The highest BCUT2D eigenvalue weighted by Gasteiger charge is 2.26. The number of nitrogens with zero attached hydrogens (tertiary/aromatic N) is 4. The van der Waals surface area contributed by atoms with Crippen molar-refractivity contribution >= 4 is 60.6 Å². The Kier molecular flexibility index (Phi) is 7.36. The highest BCUT2D eigenvalue weighted by atomic mass is 127. The highest BCUT2D eigenvalue weighted by molar-refractivity contribution is 14.1. The van der Waals surface area contributed by atoms with E-state index in [-0.39, 0.29) is 22.3 Å². The fraction of sp³-hybridized carbons (Fsp3) is 0.240. The molecule has 1 N–H and O–H groups in total. The standard InChI is InChI=1S/C25H24F2IN5O4S/c1-13(2)38(36,37)33(5)16-8-6-7-14(11-16)21-23-19(24(34)32(4)30-21)22(20(27)25(35)31(23)3)29-18-10-9-15(28)12-17(18)26/h6-13,29H,1-5H3. The van der Waals surface area contributed by atoms with Crippen molar-refractivity contribution in [2.45, 2.75) is 19.1 Å². The minimum absolute atomic E-state index is 0.000519. The molecule has 0 radical (unpaired) electrons. The molecule has 0 aliphatic rings. The van der Waals surface area contributed by atoms with Crippen molar-refractivity contribution in [3.8, 4) is 11.3 Å². The number of hydrogen-bond donors (Lipinski definition) is 1. The number of aromatic nitrogens is 3. The van der Waals surface area contributed by atoms with E-state index in [1.165, 1.54) is 33.3 Å². The Bertz CT molecular complexity index is 1820. The van der Waals surface area contributed by atoms with Crippen LogP contribution >= 0.6 is 22.6 Å². The average Bonchev–Trinajstić information content (AvgIpc) is 2.87. The van der Waals surface area contributed by atoms with Gasteiger partial charge in [0, 0.05) is 30.3 Å². The number of halogens is 3. The van der Waals surface area contributed by atoms with Crippen molar-refractivity contribution < 1.29 is 17.2 Å². The second kappa shape index (κ2) is 10.1. The molecule has 0 atom stereocenters. The van der Waals surface area contributed by atoms with Gasteiger partial charge >= 0.3 is 0 Å². The van der Waals surface area contributed by atoms with Crippen molar-refractivity contribution in [3.05, 3.63) is 78.4 Å². The lowest BCUT2D eigenvalue weighted by molar-refractivity contribution is 0.585. The van der Waals surface area contributed by atoms with E-state index in [9.17, 15) is 22.4 Å². The van der Waals surface area contributed by atoms with Crippen LogP contribution in [-0.2, 0) is 24.1 Å². The van der Waals surface area contributed by atoms with Gasteiger partial charge in [-0.1, -0.05) is 12.1 Å². The molecular weight excluding hydrogens is 631 g/mol. The summed E-state index contributed by atoms with van der Waals surface area (Å²) < 4.78 is 59.1. The van der Waals surface area contributed by atoms with Crippen LogP contribution < -0.4 is 20.7 Å². The first kappa shape index (κ1) is 27.7. The lowest BCUT2D eigenvalue weighted by Gasteiger charge is -2.22. The molecule has 4 rings (SSSR count). The predicted octanol–water partition coefficient (Wildman–Crippen LogP) is 4.10. The quantitative estimate of drug-likeness (QED) is 0.314. The van der Waals surface area contributed by atoms with Crippen LogP contribution in [0, 0.1) is 15.2 Å². The molecule has 200 valence electrons. The van der Waals surface area contributed by atoms with Crippen LogP contribution in [0.4, 0.5) is 25.8 Å². The summed E-state index contributed by atoms with van der Waals surface area (Å²) in [6.07, 6.45) is 0.